The van der Waals surface area contributed by atoms with Crippen LogP contribution < -0.4 is 10.6 Å². The normalized spacial score (nSPS) is 15.0. The lowest BCUT2D eigenvalue weighted by Gasteiger charge is -2.25. The summed E-state index contributed by atoms with van der Waals surface area (Å²) in [5, 5.41) is 16.8. The molecule has 44 heavy (non-hydrogen) atoms. The lowest BCUT2D eigenvalue weighted by atomic mass is 10.0. The maximum atomic E-state index is 13.1. The molecule has 0 unspecified atom stereocenters. The Labute approximate surface area is 251 Å². The topological polar surface area (TPSA) is 150 Å². The average molecular weight is 634 g/mol. The van der Waals surface area contributed by atoms with Gasteiger partial charge in [-0.3, -0.25) is 29.4 Å². The van der Waals surface area contributed by atoms with Gasteiger partial charge in [-0.1, -0.05) is 50.2 Å². The van der Waals surface area contributed by atoms with Crippen LogP contribution in [-0.4, -0.2) is 66.3 Å². The Bertz CT molecular complexity index is 1650. The van der Waals surface area contributed by atoms with Crippen LogP contribution in [0.1, 0.15) is 53.0 Å². The van der Waals surface area contributed by atoms with Gasteiger partial charge in [0, 0.05) is 13.1 Å². The smallest absolute Gasteiger partial charge is 0.480 e. The van der Waals surface area contributed by atoms with Gasteiger partial charge in [0.2, 0.25) is 5.91 Å². The fourth-order valence-electron chi connectivity index (χ4n) is 4.91. The Hall–Kier alpha value is -4.30. The van der Waals surface area contributed by atoms with Gasteiger partial charge < -0.3 is 10.4 Å². The summed E-state index contributed by atoms with van der Waals surface area (Å²) in [7, 11) is -5.52. The molecule has 0 saturated heterocycles. The molecule has 234 valence electrons. The van der Waals surface area contributed by atoms with Crippen molar-refractivity contribution in [2.75, 3.05) is 6.54 Å². The maximum absolute atomic E-state index is 13.1. The molecule has 3 aromatic rings. The number of fused-ring (bicyclic) bond motifs is 2. The van der Waals surface area contributed by atoms with E-state index in [4.69, 9.17) is 0 Å². The molecule has 2 atom stereocenters. The largest absolute Gasteiger partial charge is 0.501 e. The van der Waals surface area contributed by atoms with Gasteiger partial charge in [-0.15, -0.1) is 0 Å². The highest BCUT2D eigenvalue weighted by atomic mass is 32.2. The second-order valence-corrected chi connectivity index (χ2v) is 12.8. The Kier molecular flexibility index (Phi) is 9.44. The third-order valence-corrected chi connectivity index (χ3v) is 8.71. The number of benzene rings is 3. The lowest BCUT2D eigenvalue weighted by Crippen LogP contribution is -2.52. The summed E-state index contributed by atoms with van der Waals surface area (Å²) >= 11 is 0. The van der Waals surface area contributed by atoms with Gasteiger partial charge in [-0.05, 0) is 59.4 Å². The van der Waals surface area contributed by atoms with Gasteiger partial charge in [0.1, 0.15) is 6.04 Å². The number of hydrogen-bond acceptors (Lipinski definition) is 7. The van der Waals surface area contributed by atoms with E-state index >= 15 is 0 Å². The Morgan fingerprint density at radius 2 is 1.45 bits per heavy atom. The summed E-state index contributed by atoms with van der Waals surface area (Å²) < 4.78 is 61.5. The zero-order valence-electron chi connectivity index (χ0n) is 23.7. The molecule has 0 aromatic heterocycles. The number of nitrogens with one attached hydrogen (secondary N) is 2. The number of sulfone groups is 1. The van der Waals surface area contributed by atoms with E-state index in [1.165, 1.54) is 0 Å². The number of halogens is 3. The van der Waals surface area contributed by atoms with Crippen LogP contribution in [0, 0.1) is 5.92 Å². The number of carbonyl (C=O) groups excluding carboxylic acids is 3. The third kappa shape index (κ3) is 6.91. The van der Waals surface area contributed by atoms with Gasteiger partial charge in [0.05, 0.1) is 22.1 Å². The van der Waals surface area contributed by atoms with Crippen molar-refractivity contribution in [3.8, 4) is 0 Å². The highest BCUT2D eigenvalue weighted by molar-refractivity contribution is 7.92. The number of carboxylic acid groups (broad SMARTS) is 1. The minimum absolute atomic E-state index is 0.0510. The first-order valence-electron chi connectivity index (χ1n) is 13.7. The summed E-state index contributed by atoms with van der Waals surface area (Å²) in [6.45, 7) is 3.26. The maximum Gasteiger partial charge on any atom is 0.501 e. The van der Waals surface area contributed by atoms with E-state index in [0.29, 0.717) is 5.56 Å². The molecule has 0 spiro atoms. The van der Waals surface area contributed by atoms with Crippen molar-refractivity contribution < 1.29 is 45.9 Å². The lowest BCUT2D eigenvalue weighted by molar-refractivity contribution is -0.140. The first-order chi connectivity index (χ1) is 20.6. The minimum Gasteiger partial charge on any atom is -0.480 e. The SMILES string of the molecule is CC(C)C[C@H](N[C@H](CCN1C(=O)c2cc3ccccc3cc2C1=O)C(=O)O)C(=O)NCc1ccc(S(=O)(=O)C(F)(F)F)cc1. The number of carbonyl (C=O) groups is 4. The number of hydrogen-bond donors (Lipinski definition) is 3. The molecular formula is C30H30F3N3O7S. The Morgan fingerprint density at radius 1 is 0.909 bits per heavy atom. The zero-order chi connectivity index (χ0) is 32.4. The van der Waals surface area contributed by atoms with Crippen LogP contribution in [0.2, 0.25) is 0 Å². The fourth-order valence-corrected chi connectivity index (χ4v) is 5.68. The summed E-state index contributed by atoms with van der Waals surface area (Å²) in [6.07, 6.45) is 0.0370. The standard InChI is InChI=1S/C30H30F3N3O7S/c1-17(2)13-25(26(37)34-16-18-7-9-21(10-8-18)44(42,43)30(31,32)33)35-24(29(40)41)11-12-36-27(38)22-14-19-5-3-4-6-20(19)15-23(22)28(36)39/h3-10,14-15,17,24-25,35H,11-13,16H2,1-2H3,(H,34,37)(H,40,41)/t24-,25+/m1/s1. The second kappa shape index (κ2) is 12.7. The number of imide groups is 1. The van der Waals surface area contributed by atoms with E-state index in [1.54, 1.807) is 12.1 Å². The van der Waals surface area contributed by atoms with Crippen LogP contribution in [0.25, 0.3) is 10.8 Å². The first kappa shape index (κ1) is 32.6. The van der Waals surface area contributed by atoms with Crippen molar-refractivity contribution in [2.45, 2.75) is 55.7 Å². The number of carboxylic acids is 1. The highest BCUT2D eigenvalue weighted by Crippen LogP contribution is 2.30. The Balaban J connectivity index is 1.41. The Morgan fingerprint density at radius 3 is 1.93 bits per heavy atom. The summed E-state index contributed by atoms with van der Waals surface area (Å²) in [6, 6.07) is 12.0. The average Bonchev–Trinajstić information content (AvgIpc) is 3.19. The summed E-state index contributed by atoms with van der Waals surface area (Å²) in [4.78, 5) is 51.3. The molecule has 1 heterocycles. The molecular weight excluding hydrogens is 603 g/mol. The monoisotopic (exact) mass is 633 g/mol. The molecule has 1 aliphatic heterocycles. The zero-order valence-corrected chi connectivity index (χ0v) is 24.5. The van der Waals surface area contributed by atoms with Crippen molar-refractivity contribution >= 4 is 44.3 Å². The van der Waals surface area contributed by atoms with Gasteiger partial charge in [0.25, 0.3) is 21.7 Å². The predicted molar refractivity (Wildman–Crippen MR) is 153 cm³/mol. The van der Waals surface area contributed by atoms with E-state index in [-0.39, 0.29) is 43.0 Å². The molecule has 0 bridgehead atoms. The first-order valence-corrected chi connectivity index (χ1v) is 15.1. The molecule has 3 amide bonds. The molecule has 0 radical (unpaired) electrons. The fraction of sp³-hybridized carbons (Fsp3) is 0.333. The van der Waals surface area contributed by atoms with Crippen LogP contribution >= 0.6 is 0 Å². The molecule has 3 N–H and O–H groups in total. The second-order valence-electron chi connectivity index (χ2n) is 10.8. The molecule has 0 fully saturated rings. The molecule has 10 nitrogen and oxygen atoms in total. The van der Waals surface area contributed by atoms with Crippen LogP contribution in [0.3, 0.4) is 0 Å². The highest BCUT2D eigenvalue weighted by Gasteiger charge is 2.46. The van der Waals surface area contributed by atoms with Crippen LogP contribution in [-0.2, 0) is 26.0 Å². The van der Waals surface area contributed by atoms with E-state index in [0.717, 1.165) is 39.9 Å². The molecule has 1 aliphatic rings. The van der Waals surface area contributed by atoms with E-state index in [2.05, 4.69) is 10.6 Å². The molecule has 0 aliphatic carbocycles. The van der Waals surface area contributed by atoms with Crippen molar-refractivity contribution in [3.63, 3.8) is 0 Å². The van der Waals surface area contributed by atoms with Gasteiger partial charge in [-0.2, -0.15) is 13.2 Å². The molecule has 3 aromatic carbocycles. The minimum atomic E-state index is -5.52. The summed E-state index contributed by atoms with van der Waals surface area (Å²) in [5.74, 6) is -3.01. The quantitative estimate of drug-likeness (QED) is 0.254. The van der Waals surface area contributed by atoms with Crippen molar-refractivity contribution in [3.05, 3.63) is 77.4 Å². The number of alkyl halides is 3. The van der Waals surface area contributed by atoms with E-state index in [9.17, 15) is 45.9 Å². The van der Waals surface area contributed by atoms with Crippen molar-refractivity contribution in [1.82, 2.24) is 15.5 Å². The molecule has 4 rings (SSSR count). The van der Waals surface area contributed by atoms with Crippen molar-refractivity contribution in [1.29, 1.82) is 0 Å². The van der Waals surface area contributed by atoms with Crippen LogP contribution in [0.5, 0.6) is 0 Å². The third-order valence-electron chi connectivity index (χ3n) is 7.21. The van der Waals surface area contributed by atoms with Crippen LogP contribution in [0.4, 0.5) is 13.2 Å². The molecule has 0 saturated carbocycles. The number of aliphatic carboxylic acids is 1. The number of rotatable bonds is 12. The summed E-state index contributed by atoms with van der Waals surface area (Å²) in [5.41, 5.74) is -4.67. The van der Waals surface area contributed by atoms with E-state index < -0.39 is 56.0 Å². The van der Waals surface area contributed by atoms with Gasteiger partial charge >= 0.3 is 11.5 Å². The van der Waals surface area contributed by atoms with E-state index in [1.807, 2.05) is 38.1 Å². The van der Waals surface area contributed by atoms with Crippen LogP contribution in [0.15, 0.2) is 65.6 Å². The number of amides is 3. The van der Waals surface area contributed by atoms with Gasteiger partial charge in [0.15, 0.2) is 0 Å². The van der Waals surface area contributed by atoms with Gasteiger partial charge in [-0.25, -0.2) is 8.42 Å². The predicted octanol–water partition coefficient (Wildman–Crippen LogP) is 3.89. The van der Waals surface area contributed by atoms with Crippen molar-refractivity contribution in [2.24, 2.45) is 5.92 Å². The molecule has 14 heteroatoms. The number of nitrogens with zero attached hydrogens (tertiary/aromatic N) is 1.